The van der Waals surface area contributed by atoms with E-state index >= 15 is 0 Å². The number of aliphatic hydroxyl groups excluding tert-OH is 1. The zero-order chi connectivity index (χ0) is 16.4. The van der Waals surface area contributed by atoms with Crippen LogP contribution < -0.4 is 9.47 Å². The molecule has 2 heterocycles. The lowest BCUT2D eigenvalue weighted by Crippen LogP contribution is -2.33. The minimum absolute atomic E-state index is 0.110. The van der Waals surface area contributed by atoms with Gasteiger partial charge in [0.1, 0.15) is 12.7 Å². The summed E-state index contributed by atoms with van der Waals surface area (Å²) in [7, 11) is 0. The molecule has 2 aromatic carbocycles. The molecule has 2 atom stereocenters. The van der Waals surface area contributed by atoms with Crippen LogP contribution in [-0.4, -0.2) is 27.6 Å². The molecule has 24 heavy (non-hydrogen) atoms. The SMILES string of the molecule is OC(c1ccccc1)c1cnn(CC2COc3ccccc3O2)c1. The van der Waals surface area contributed by atoms with Crippen molar-refractivity contribution in [2.75, 3.05) is 6.61 Å². The Morgan fingerprint density at radius 2 is 1.79 bits per heavy atom. The lowest BCUT2D eigenvalue weighted by atomic mass is 10.1. The van der Waals surface area contributed by atoms with Gasteiger partial charge in [0.15, 0.2) is 17.6 Å². The molecule has 0 fully saturated rings. The van der Waals surface area contributed by atoms with E-state index in [0.717, 1.165) is 22.6 Å². The van der Waals surface area contributed by atoms with Gasteiger partial charge in [-0.3, -0.25) is 4.68 Å². The molecule has 1 aromatic heterocycles. The van der Waals surface area contributed by atoms with Gasteiger partial charge in [0.2, 0.25) is 0 Å². The van der Waals surface area contributed by atoms with E-state index in [1.165, 1.54) is 0 Å². The average molecular weight is 322 g/mol. The van der Waals surface area contributed by atoms with E-state index in [1.54, 1.807) is 10.9 Å². The zero-order valence-corrected chi connectivity index (χ0v) is 13.1. The fourth-order valence-corrected chi connectivity index (χ4v) is 2.81. The van der Waals surface area contributed by atoms with Gasteiger partial charge in [0.05, 0.1) is 12.7 Å². The fourth-order valence-electron chi connectivity index (χ4n) is 2.81. The molecular weight excluding hydrogens is 304 g/mol. The smallest absolute Gasteiger partial charge is 0.161 e. The Morgan fingerprint density at radius 1 is 1.04 bits per heavy atom. The topological polar surface area (TPSA) is 56.5 Å². The Kier molecular flexibility index (Phi) is 3.92. The van der Waals surface area contributed by atoms with E-state index in [4.69, 9.17) is 9.47 Å². The van der Waals surface area contributed by atoms with E-state index < -0.39 is 6.10 Å². The van der Waals surface area contributed by atoms with Crippen molar-refractivity contribution in [2.24, 2.45) is 0 Å². The average Bonchev–Trinajstić information content (AvgIpc) is 3.10. The molecule has 0 radical (unpaired) electrons. The maximum atomic E-state index is 10.4. The molecule has 0 saturated heterocycles. The van der Waals surface area contributed by atoms with Crippen LogP contribution in [0, 0.1) is 0 Å². The van der Waals surface area contributed by atoms with E-state index in [2.05, 4.69) is 5.10 Å². The summed E-state index contributed by atoms with van der Waals surface area (Å²) in [5, 5.41) is 14.8. The number of benzene rings is 2. The summed E-state index contributed by atoms with van der Waals surface area (Å²) >= 11 is 0. The third-order valence-corrected chi connectivity index (χ3v) is 4.04. The number of rotatable bonds is 4. The van der Waals surface area contributed by atoms with Crippen LogP contribution in [0.1, 0.15) is 17.2 Å². The number of fused-ring (bicyclic) bond motifs is 1. The number of ether oxygens (including phenoxy) is 2. The third kappa shape index (κ3) is 2.98. The summed E-state index contributed by atoms with van der Waals surface area (Å²) < 4.78 is 13.4. The molecular formula is C19H18N2O3. The van der Waals surface area contributed by atoms with Crippen LogP contribution in [0.4, 0.5) is 0 Å². The highest BCUT2D eigenvalue weighted by atomic mass is 16.6. The van der Waals surface area contributed by atoms with Crippen molar-refractivity contribution in [3.8, 4) is 11.5 Å². The molecule has 1 N–H and O–H groups in total. The first-order valence-corrected chi connectivity index (χ1v) is 7.93. The van der Waals surface area contributed by atoms with Crippen molar-refractivity contribution in [3.63, 3.8) is 0 Å². The Bertz CT molecular complexity index is 816. The molecule has 1 aliphatic rings. The molecule has 2 unspecified atom stereocenters. The maximum Gasteiger partial charge on any atom is 0.161 e. The van der Waals surface area contributed by atoms with Crippen LogP contribution in [0.25, 0.3) is 0 Å². The third-order valence-electron chi connectivity index (χ3n) is 4.04. The van der Waals surface area contributed by atoms with Crippen molar-refractivity contribution in [2.45, 2.75) is 18.8 Å². The van der Waals surface area contributed by atoms with Gasteiger partial charge in [0.25, 0.3) is 0 Å². The van der Waals surface area contributed by atoms with E-state index in [0.29, 0.717) is 13.2 Å². The standard InChI is InChI=1S/C19H18N2O3/c22-19(14-6-2-1-3-7-14)15-10-20-21(11-15)12-16-13-23-17-8-4-5-9-18(17)24-16/h1-11,16,19,22H,12-13H2. The largest absolute Gasteiger partial charge is 0.486 e. The highest BCUT2D eigenvalue weighted by molar-refractivity contribution is 5.40. The molecule has 1 aliphatic heterocycles. The first-order chi connectivity index (χ1) is 11.8. The minimum atomic E-state index is -0.677. The second kappa shape index (κ2) is 6.37. The summed E-state index contributed by atoms with van der Waals surface area (Å²) in [6.45, 7) is 1.04. The second-order valence-corrected chi connectivity index (χ2v) is 5.81. The van der Waals surface area contributed by atoms with E-state index in [9.17, 15) is 5.11 Å². The van der Waals surface area contributed by atoms with Crippen LogP contribution in [0.2, 0.25) is 0 Å². The Labute approximate surface area is 140 Å². The summed E-state index contributed by atoms with van der Waals surface area (Å²) in [5.74, 6) is 1.53. The summed E-state index contributed by atoms with van der Waals surface area (Å²) in [4.78, 5) is 0. The number of aromatic nitrogens is 2. The minimum Gasteiger partial charge on any atom is -0.486 e. The molecule has 0 spiro atoms. The Balaban J connectivity index is 1.45. The van der Waals surface area contributed by atoms with Gasteiger partial charge in [-0.2, -0.15) is 5.10 Å². The molecule has 0 amide bonds. The van der Waals surface area contributed by atoms with Crippen LogP contribution in [0.3, 0.4) is 0 Å². The normalized spacial score (nSPS) is 17.5. The summed E-state index contributed by atoms with van der Waals surface area (Å²) in [6.07, 6.45) is 2.75. The van der Waals surface area contributed by atoms with Crippen molar-refractivity contribution in [1.82, 2.24) is 9.78 Å². The highest BCUT2D eigenvalue weighted by Gasteiger charge is 2.22. The van der Waals surface area contributed by atoms with Gasteiger partial charge in [-0.05, 0) is 17.7 Å². The fraction of sp³-hybridized carbons (Fsp3) is 0.211. The molecule has 5 heteroatoms. The summed E-state index contributed by atoms with van der Waals surface area (Å²) in [5.41, 5.74) is 1.61. The number of aliphatic hydroxyl groups is 1. The molecule has 0 bridgehead atoms. The van der Waals surface area contributed by atoms with E-state index in [-0.39, 0.29) is 6.10 Å². The molecule has 5 nitrogen and oxygen atoms in total. The van der Waals surface area contributed by atoms with E-state index in [1.807, 2.05) is 60.8 Å². The van der Waals surface area contributed by atoms with Crippen LogP contribution in [0.5, 0.6) is 11.5 Å². The van der Waals surface area contributed by atoms with Crippen molar-refractivity contribution < 1.29 is 14.6 Å². The van der Waals surface area contributed by atoms with Gasteiger partial charge >= 0.3 is 0 Å². The van der Waals surface area contributed by atoms with Crippen LogP contribution >= 0.6 is 0 Å². The summed E-state index contributed by atoms with van der Waals surface area (Å²) in [6, 6.07) is 17.2. The van der Waals surface area contributed by atoms with Gasteiger partial charge in [-0.15, -0.1) is 0 Å². The monoisotopic (exact) mass is 322 g/mol. The van der Waals surface area contributed by atoms with Gasteiger partial charge in [-0.25, -0.2) is 0 Å². The molecule has 3 aromatic rings. The van der Waals surface area contributed by atoms with Gasteiger partial charge in [0, 0.05) is 11.8 Å². The number of nitrogens with zero attached hydrogens (tertiary/aromatic N) is 2. The van der Waals surface area contributed by atoms with Crippen molar-refractivity contribution >= 4 is 0 Å². The molecule has 0 aliphatic carbocycles. The Hall–Kier alpha value is -2.79. The number of hydrogen-bond donors (Lipinski definition) is 1. The van der Waals surface area contributed by atoms with Crippen LogP contribution in [-0.2, 0) is 6.54 Å². The second-order valence-electron chi connectivity index (χ2n) is 5.81. The highest BCUT2D eigenvalue weighted by Crippen LogP contribution is 2.31. The molecule has 4 rings (SSSR count). The Morgan fingerprint density at radius 3 is 2.62 bits per heavy atom. The van der Waals surface area contributed by atoms with Crippen LogP contribution in [0.15, 0.2) is 67.0 Å². The number of hydrogen-bond acceptors (Lipinski definition) is 4. The molecule has 0 saturated carbocycles. The number of para-hydroxylation sites is 2. The zero-order valence-electron chi connectivity index (χ0n) is 13.1. The van der Waals surface area contributed by atoms with Crippen molar-refractivity contribution in [1.29, 1.82) is 0 Å². The van der Waals surface area contributed by atoms with Gasteiger partial charge < -0.3 is 14.6 Å². The maximum absolute atomic E-state index is 10.4. The van der Waals surface area contributed by atoms with Crippen molar-refractivity contribution in [3.05, 3.63) is 78.1 Å². The predicted molar refractivity (Wildman–Crippen MR) is 89.1 cm³/mol. The predicted octanol–water partition coefficient (Wildman–Crippen LogP) is 2.80. The first kappa shape index (κ1) is 14.8. The lowest BCUT2D eigenvalue weighted by Gasteiger charge is -2.26. The van der Waals surface area contributed by atoms with Gasteiger partial charge in [-0.1, -0.05) is 42.5 Å². The lowest BCUT2D eigenvalue weighted by molar-refractivity contribution is 0.0758. The first-order valence-electron chi connectivity index (χ1n) is 7.93. The quantitative estimate of drug-likeness (QED) is 0.802. The molecule has 122 valence electrons.